The Balaban J connectivity index is 2.28. The first kappa shape index (κ1) is 8.24. The Labute approximate surface area is 75.9 Å². The van der Waals surface area contributed by atoms with E-state index in [1.807, 2.05) is 6.92 Å². The molecule has 0 aromatic heterocycles. The fourth-order valence-corrected chi connectivity index (χ4v) is 2.29. The Kier molecular flexibility index (Phi) is 1.47. The van der Waals surface area contributed by atoms with E-state index in [-0.39, 0.29) is 23.7 Å². The molecule has 68 valence electrons. The van der Waals surface area contributed by atoms with Gasteiger partial charge in [0, 0.05) is 0 Å². The number of imide groups is 1. The van der Waals surface area contributed by atoms with Crippen LogP contribution in [-0.2, 0) is 9.59 Å². The Morgan fingerprint density at radius 1 is 1.38 bits per heavy atom. The van der Waals surface area contributed by atoms with Crippen molar-refractivity contribution in [2.24, 2.45) is 17.3 Å². The van der Waals surface area contributed by atoms with Gasteiger partial charge < -0.3 is 0 Å². The first-order valence-corrected chi connectivity index (χ1v) is 4.32. The van der Waals surface area contributed by atoms with Crippen molar-refractivity contribution in [2.75, 3.05) is 0 Å². The van der Waals surface area contributed by atoms with Crippen molar-refractivity contribution in [3.8, 4) is 6.07 Å². The number of nitrogens with one attached hydrogen (secondary N) is 1. The molecular formula is C9H10N2O2. The molecule has 1 heterocycles. The number of nitriles is 1. The zero-order valence-electron chi connectivity index (χ0n) is 7.33. The number of fused-ring (bicyclic) bond motifs is 1. The van der Waals surface area contributed by atoms with Crippen LogP contribution in [0.5, 0.6) is 0 Å². The lowest BCUT2D eigenvalue weighted by molar-refractivity contribution is -0.126. The molecule has 2 atom stereocenters. The smallest absolute Gasteiger partial charge is 0.230 e. The zero-order valence-corrected chi connectivity index (χ0v) is 7.33. The van der Waals surface area contributed by atoms with Crippen molar-refractivity contribution < 1.29 is 9.59 Å². The molecule has 4 nitrogen and oxygen atoms in total. The Morgan fingerprint density at radius 2 is 1.85 bits per heavy atom. The van der Waals surface area contributed by atoms with E-state index in [1.54, 1.807) is 0 Å². The van der Waals surface area contributed by atoms with Gasteiger partial charge in [-0.2, -0.15) is 5.26 Å². The van der Waals surface area contributed by atoms with Crippen LogP contribution in [0.25, 0.3) is 0 Å². The minimum absolute atomic E-state index is 0.200. The Bertz CT molecular complexity index is 307. The van der Waals surface area contributed by atoms with Crippen molar-refractivity contribution >= 4 is 11.8 Å². The fraction of sp³-hybridized carbons (Fsp3) is 0.667. The average molecular weight is 178 g/mol. The first-order valence-electron chi connectivity index (χ1n) is 4.32. The van der Waals surface area contributed by atoms with Crippen LogP contribution < -0.4 is 5.32 Å². The van der Waals surface area contributed by atoms with Crippen LogP contribution in [0.1, 0.15) is 19.8 Å². The minimum Gasteiger partial charge on any atom is -0.296 e. The van der Waals surface area contributed by atoms with E-state index in [0.717, 1.165) is 0 Å². The molecule has 13 heavy (non-hydrogen) atoms. The summed E-state index contributed by atoms with van der Waals surface area (Å²) in [6, 6.07) is 2.18. The summed E-state index contributed by atoms with van der Waals surface area (Å²) in [6.45, 7) is 1.81. The molecule has 2 unspecified atom stereocenters. The van der Waals surface area contributed by atoms with E-state index in [1.165, 1.54) is 0 Å². The maximum atomic E-state index is 11.2. The van der Waals surface area contributed by atoms with Crippen molar-refractivity contribution in [3.63, 3.8) is 0 Å². The Hall–Kier alpha value is -1.37. The van der Waals surface area contributed by atoms with Crippen LogP contribution in [0.4, 0.5) is 0 Å². The van der Waals surface area contributed by atoms with E-state index in [0.29, 0.717) is 12.8 Å². The first-order chi connectivity index (χ1) is 6.06. The number of amides is 2. The maximum absolute atomic E-state index is 11.2. The molecule has 2 rings (SSSR count). The molecule has 0 aromatic rings. The van der Waals surface area contributed by atoms with E-state index in [9.17, 15) is 9.59 Å². The third-order valence-electron chi connectivity index (χ3n) is 3.02. The largest absolute Gasteiger partial charge is 0.296 e. The van der Waals surface area contributed by atoms with Gasteiger partial charge in [0.25, 0.3) is 0 Å². The molecule has 2 aliphatic rings. The zero-order chi connectivity index (χ0) is 9.64. The fourth-order valence-electron chi connectivity index (χ4n) is 2.29. The van der Waals surface area contributed by atoms with Crippen LogP contribution in [0.3, 0.4) is 0 Å². The van der Waals surface area contributed by atoms with Gasteiger partial charge >= 0.3 is 0 Å². The molecule has 1 saturated heterocycles. The van der Waals surface area contributed by atoms with E-state index < -0.39 is 5.41 Å². The van der Waals surface area contributed by atoms with Gasteiger partial charge in [0.2, 0.25) is 11.8 Å². The molecule has 1 saturated carbocycles. The standard InChI is InChI=1S/C9H10N2O2/c1-9(4-10)2-5-6(3-9)8(13)11-7(5)12/h5-6H,2-3H2,1H3,(H,11,12,13). The second-order valence-electron chi connectivity index (χ2n) is 4.15. The number of nitrogens with zero attached hydrogens (tertiary/aromatic N) is 1. The average Bonchev–Trinajstić information content (AvgIpc) is 2.54. The Morgan fingerprint density at radius 3 is 2.23 bits per heavy atom. The summed E-state index contributed by atoms with van der Waals surface area (Å²) in [5.41, 5.74) is -0.483. The topological polar surface area (TPSA) is 70.0 Å². The number of hydrogen-bond acceptors (Lipinski definition) is 3. The van der Waals surface area contributed by atoms with Gasteiger partial charge in [-0.3, -0.25) is 14.9 Å². The highest BCUT2D eigenvalue weighted by Gasteiger charge is 2.53. The number of hydrogen-bond donors (Lipinski definition) is 1. The third-order valence-corrected chi connectivity index (χ3v) is 3.02. The molecule has 0 spiro atoms. The summed E-state index contributed by atoms with van der Waals surface area (Å²) in [7, 11) is 0. The van der Waals surface area contributed by atoms with Crippen molar-refractivity contribution in [1.82, 2.24) is 5.32 Å². The molecule has 0 aromatic carbocycles. The van der Waals surface area contributed by atoms with E-state index in [4.69, 9.17) is 5.26 Å². The van der Waals surface area contributed by atoms with Gasteiger partial charge in [-0.15, -0.1) is 0 Å². The molecular weight excluding hydrogens is 168 g/mol. The second-order valence-corrected chi connectivity index (χ2v) is 4.15. The van der Waals surface area contributed by atoms with Crippen LogP contribution in [0.15, 0.2) is 0 Å². The summed E-state index contributed by atoms with van der Waals surface area (Å²) in [6.07, 6.45) is 1.04. The van der Waals surface area contributed by atoms with Crippen LogP contribution >= 0.6 is 0 Å². The summed E-state index contributed by atoms with van der Waals surface area (Å²) < 4.78 is 0. The quantitative estimate of drug-likeness (QED) is 0.538. The van der Waals surface area contributed by atoms with Crippen LogP contribution in [-0.4, -0.2) is 11.8 Å². The van der Waals surface area contributed by atoms with Gasteiger partial charge in [0.15, 0.2) is 0 Å². The second kappa shape index (κ2) is 2.32. The molecule has 1 aliphatic heterocycles. The molecule has 0 radical (unpaired) electrons. The number of carbonyl (C=O) groups excluding carboxylic acids is 2. The number of carbonyl (C=O) groups is 2. The van der Waals surface area contributed by atoms with Gasteiger partial charge in [-0.25, -0.2) is 0 Å². The SMILES string of the molecule is CC1(C#N)CC2C(=O)NC(=O)C2C1. The highest BCUT2D eigenvalue weighted by Crippen LogP contribution is 2.47. The molecule has 4 heteroatoms. The van der Waals surface area contributed by atoms with E-state index in [2.05, 4.69) is 11.4 Å². The predicted octanol–water partition coefficient (Wildman–Crippen LogP) is 0.199. The highest BCUT2D eigenvalue weighted by atomic mass is 16.2. The highest BCUT2D eigenvalue weighted by molar-refractivity contribution is 6.05. The van der Waals surface area contributed by atoms with Crippen molar-refractivity contribution in [1.29, 1.82) is 5.26 Å². The molecule has 1 N–H and O–H groups in total. The molecule has 1 aliphatic carbocycles. The van der Waals surface area contributed by atoms with Gasteiger partial charge in [-0.1, -0.05) is 0 Å². The normalized spacial score (nSPS) is 42.8. The summed E-state index contributed by atoms with van der Waals surface area (Å²) >= 11 is 0. The van der Waals surface area contributed by atoms with Crippen molar-refractivity contribution in [2.45, 2.75) is 19.8 Å². The predicted molar refractivity (Wildman–Crippen MR) is 43.1 cm³/mol. The monoisotopic (exact) mass is 178 g/mol. The lowest BCUT2D eigenvalue weighted by atomic mass is 9.89. The summed E-state index contributed by atoms with van der Waals surface area (Å²) in [4.78, 5) is 22.5. The summed E-state index contributed by atoms with van der Waals surface area (Å²) in [5, 5.41) is 11.2. The van der Waals surface area contributed by atoms with Gasteiger partial charge in [0.1, 0.15) is 0 Å². The van der Waals surface area contributed by atoms with Gasteiger partial charge in [0.05, 0.1) is 23.3 Å². The summed E-state index contributed by atoms with van der Waals surface area (Å²) in [5.74, 6) is -0.905. The van der Waals surface area contributed by atoms with Gasteiger partial charge in [-0.05, 0) is 19.8 Å². The van der Waals surface area contributed by atoms with Crippen molar-refractivity contribution in [3.05, 3.63) is 0 Å². The molecule has 2 amide bonds. The third kappa shape index (κ3) is 1.04. The maximum Gasteiger partial charge on any atom is 0.230 e. The minimum atomic E-state index is -0.483. The van der Waals surface area contributed by atoms with Crippen LogP contribution in [0, 0.1) is 28.6 Å². The van der Waals surface area contributed by atoms with E-state index >= 15 is 0 Å². The lowest BCUT2D eigenvalue weighted by Gasteiger charge is -2.13. The molecule has 0 bridgehead atoms. The lowest BCUT2D eigenvalue weighted by Crippen LogP contribution is -2.26. The van der Waals surface area contributed by atoms with Crippen LogP contribution in [0.2, 0.25) is 0 Å². The number of rotatable bonds is 0. The molecule has 2 fully saturated rings.